The van der Waals surface area contributed by atoms with E-state index in [1.54, 1.807) is 0 Å². The van der Waals surface area contributed by atoms with Crippen molar-refractivity contribution < 1.29 is 13.3 Å². The van der Waals surface area contributed by atoms with Gasteiger partial charge in [-0.3, -0.25) is 0 Å². The summed E-state index contributed by atoms with van der Waals surface area (Å²) >= 11 is 0. The van der Waals surface area contributed by atoms with Gasteiger partial charge in [0.15, 0.2) is 0 Å². The third-order valence-corrected chi connectivity index (χ3v) is 11.0. The van der Waals surface area contributed by atoms with Crippen LogP contribution in [0.15, 0.2) is 0 Å². The number of nitrogens with two attached hydrogens (primary N) is 1. The summed E-state index contributed by atoms with van der Waals surface area (Å²) < 4.78 is 19.3. The molecule has 2 N–H and O–H groups in total. The van der Waals surface area contributed by atoms with Crippen molar-refractivity contribution in [2.75, 3.05) is 19.8 Å². The maximum absolute atomic E-state index is 6.58. The van der Waals surface area contributed by atoms with E-state index in [0.717, 1.165) is 38.9 Å². The van der Waals surface area contributed by atoms with Crippen molar-refractivity contribution in [1.82, 2.24) is 0 Å². The van der Waals surface area contributed by atoms with Gasteiger partial charge in [-0.15, -0.1) is 0 Å². The Bertz CT molecular complexity index is 498. The van der Waals surface area contributed by atoms with Crippen LogP contribution < -0.4 is 5.73 Å². The highest BCUT2D eigenvalue weighted by molar-refractivity contribution is 6.36. The maximum atomic E-state index is 6.58. The maximum Gasteiger partial charge on any atom is 0.484 e. The Morgan fingerprint density at radius 1 is 0.378 bits per heavy atom. The Labute approximate surface area is 286 Å². The van der Waals surface area contributed by atoms with Crippen LogP contribution in [0.3, 0.4) is 0 Å². The fourth-order valence-corrected chi connectivity index (χ4v) is 7.88. The van der Waals surface area contributed by atoms with Crippen LogP contribution in [-0.4, -0.2) is 35.4 Å². The van der Waals surface area contributed by atoms with Crippen molar-refractivity contribution in [1.29, 1.82) is 0 Å². The number of rotatable bonds is 40. The minimum Gasteiger partial charge on any atom is -0.376 e. The van der Waals surface area contributed by atoms with Gasteiger partial charge in [0.25, 0.3) is 0 Å². The van der Waals surface area contributed by atoms with Crippen LogP contribution in [0.4, 0.5) is 0 Å². The average molecular weight is 656 g/mol. The molecule has 5 heteroatoms. The molecule has 0 rings (SSSR count). The van der Waals surface area contributed by atoms with Gasteiger partial charge in [-0.1, -0.05) is 207 Å². The molecule has 0 aliphatic rings. The van der Waals surface area contributed by atoms with Crippen LogP contribution in [0.2, 0.25) is 0 Å². The number of unbranched alkanes of at least 4 members (excludes halogenated alkanes) is 28. The molecule has 0 aromatic heterocycles. The van der Waals surface area contributed by atoms with E-state index in [1.165, 1.54) is 186 Å². The van der Waals surface area contributed by atoms with E-state index in [-0.39, 0.29) is 6.10 Å². The lowest BCUT2D eigenvalue weighted by molar-refractivity contribution is 0.0481. The molecule has 0 saturated carbocycles. The van der Waals surface area contributed by atoms with E-state index in [1.807, 2.05) is 0 Å². The first-order chi connectivity index (χ1) is 22.3. The molecule has 0 amide bonds. The zero-order valence-corrected chi connectivity index (χ0v) is 32.6. The highest BCUT2D eigenvalue weighted by Gasteiger charge is 2.21. The molecule has 0 fully saturated rings. The summed E-state index contributed by atoms with van der Waals surface area (Å²) in [6.07, 6.45) is 44.3. The lowest BCUT2D eigenvalue weighted by Gasteiger charge is -2.24. The molecule has 0 spiro atoms. The van der Waals surface area contributed by atoms with Crippen molar-refractivity contribution in [3.8, 4) is 0 Å². The highest BCUT2D eigenvalue weighted by atomic mass is 28.3. The Kier molecular flexibility index (Phi) is 40.3. The standard InChI is InChI=1S/C40H85NO3Si/c1-4-7-10-13-16-19-22-23-26-29-32-35-40(36-37-41)44-45(42-38-33-30-27-24-20-17-14-11-8-5-2)43-39-34-31-28-25-21-18-15-12-9-6-3/h40,45H,4-39,41H2,1-3H3. The zero-order chi connectivity index (χ0) is 32.7. The summed E-state index contributed by atoms with van der Waals surface area (Å²) in [7, 11) is -2.13. The second-order valence-corrected chi connectivity index (χ2v) is 15.6. The van der Waals surface area contributed by atoms with E-state index in [9.17, 15) is 0 Å². The molecule has 1 unspecified atom stereocenters. The van der Waals surface area contributed by atoms with E-state index in [2.05, 4.69) is 20.8 Å². The van der Waals surface area contributed by atoms with Gasteiger partial charge in [0, 0.05) is 13.2 Å². The van der Waals surface area contributed by atoms with Crippen LogP contribution in [0.1, 0.15) is 233 Å². The first kappa shape index (κ1) is 45.1. The molecular formula is C40H85NO3Si. The molecule has 0 aliphatic carbocycles. The third kappa shape index (κ3) is 36.7. The predicted octanol–water partition coefficient (Wildman–Crippen LogP) is 13.0. The first-order valence-corrected chi connectivity index (χ1v) is 22.3. The molecule has 0 aliphatic heterocycles. The summed E-state index contributed by atoms with van der Waals surface area (Å²) in [5, 5.41) is 0. The summed E-state index contributed by atoms with van der Waals surface area (Å²) in [6, 6.07) is 0. The Morgan fingerprint density at radius 2 is 0.667 bits per heavy atom. The molecule has 0 heterocycles. The van der Waals surface area contributed by atoms with Gasteiger partial charge in [0.05, 0.1) is 6.10 Å². The van der Waals surface area contributed by atoms with Gasteiger partial charge in [0.1, 0.15) is 0 Å². The lowest BCUT2D eigenvalue weighted by atomic mass is 10.0. The molecule has 0 aromatic carbocycles. The van der Waals surface area contributed by atoms with Crippen molar-refractivity contribution in [2.24, 2.45) is 5.73 Å². The SMILES string of the molecule is CCCCCCCCCCCCCC(CCN)O[SiH](OCCCCCCCCCCCC)OCCCCCCCCCCCC. The zero-order valence-electron chi connectivity index (χ0n) is 31.4. The Hall–Kier alpha value is 0.0569. The minimum absolute atomic E-state index is 0.200. The van der Waals surface area contributed by atoms with E-state index in [4.69, 9.17) is 19.0 Å². The normalized spacial score (nSPS) is 12.5. The monoisotopic (exact) mass is 656 g/mol. The van der Waals surface area contributed by atoms with Gasteiger partial charge in [-0.05, 0) is 32.2 Å². The molecule has 1 atom stereocenters. The summed E-state index contributed by atoms with van der Waals surface area (Å²) in [5.74, 6) is 0. The van der Waals surface area contributed by atoms with E-state index in [0.29, 0.717) is 6.54 Å². The first-order valence-electron chi connectivity index (χ1n) is 20.9. The molecule has 45 heavy (non-hydrogen) atoms. The van der Waals surface area contributed by atoms with Gasteiger partial charge in [0.2, 0.25) is 0 Å². The fraction of sp³-hybridized carbons (Fsp3) is 1.00. The van der Waals surface area contributed by atoms with Crippen molar-refractivity contribution in [3.63, 3.8) is 0 Å². The van der Waals surface area contributed by atoms with Gasteiger partial charge < -0.3 is 19.0 Å². The van der Waals surface area contributed by atoms with E-state index >= 15 is 0 Å². The second kappa shape index (κ2) is 40.2. The predicted molar refractivity (Wildman–Crippen MR) is 202 cm³/mol. The second-order valence-electron chi connectivity index (χ2n) is 14.1. The van der Waals surface area contributed by atoms with Crippen molar-refractivity contribution in [2.45, 2.75) is 239 Å². The molecular weight excluding hydrogens is 571 g/mol. The van der Waals surface area contributed by atoms with Crippen LogP contribution in [0.5, 0.6) is 0 Å². The Balaban J connectivity index is 4.29. The fourth-order valence-electron chi connectivity index (χ4n) is 6.32. The largest absolute Gasteiger partial charge is 0.484 e. The Morgan fingerprint density at radius 3 is 0.978 bits per heavy atom. The third-order valence-electron chi connectivity index (χ3n) is 9.43. The van der Waals surface area contributed by atoms with Gasteiger partial charge in [-0.2, -0.15) is 0 Å². The molecule has 0 aromatic rings. The van der Waals surface area contributed by atoms with Crippen molar-refractivity contribution >= 4 is 9.53 Å². The molecule has 4 nitrogen and oxygen atoms in total. The average Bonchev–Trinajstić information content (AvgIpc) is 3.04. The smallest absolute Gasteiger partial charge is 0.376 e. The van der Waals surface area contributed by atoms with Crippen LogP contribution >= 0.6 is 0 Å². The van der Waals surface area contributed by atoms with Gasteiger partial charge in [-0.25, -0.2) is 0 Å². The van der Waals surface area contributed by atoms with Crippen LogP contribution in [0.25, 0.3) is 0 Å². The van der Waals surface area contributed by atoms with E-state index < -0.39 is 9.53 Å². The topological polar surface area (TPSA) is 53.7 Å². The summed E-state index contributed by atoms with van der Waals surface area (Å²) in [4.78, 5) is 0. The molecule has 0 bridgehead atoms. The van der Waals surface area contributed by atoms with Crippen LogP contribution in [0, 0.1) is 0 Å². The minimum atomic E-state index is -2.13. The summed E-state index contributed by atoms with van der Waals surface area (Å²) in [6.45, 7) is 9.14. The molecule has 0 radical (unpaired) electrons. The summed E-state index contributed by atoms with van der Waals surface area (Å²) in [5.41, 5.74) is 6.01. The quantitative estimate of drug-likeness (QED) is 0.0527. The number of hydrogen-bond donors (Lipinski definition) is 1. The molecule has 272 valence electrons. The molecule has 0 saturated heterocycles. The highest BCUT2D eigenvalue weighted by Crippen LogP contribution is 2.17. The van der Waals surface area contributed by atoms with Crippen molar-refractivity contribution in [3.05, 3.63) is 0 Å². The van der Waals surface area contributed by atoms with Gasteiger partial charge >= 0.3 is 9.53 Å². The lowest BCUT2D eigenvalue weighted by Crippen LogP contribution is -2.34. The number of hydrogen-bond acceptors (Lipinski definition) is 4. The van der Waals surface area contributed by atoms with Crippen LogP contribution in [-0.2, 0) is 13.3 Å².